The highest BCUT2D eigenvalue weighted by atomic mass is 16.1. The van der Waals surface area contributed by atoms with Gasteiger partial charge in [-0.15, -0.1) is 0 Å². The zero-order chi connectivity index (χ0) is 22.0. The quantitative estimate of drug-likeness (QED) is 0.583. The first-order valence-corrected chi connectivity index (χ1v) is 10.6. The maximum atomic E-state index is 11.7. The van der Waals surface area contributed by atoms with E-state index >= 15 is 0 Å². The molecule has 1 fully saturated rings. The first-order valence-electron chi connectivity index (χ1n) is 10.6. The third-order valence-electron chi connectivity index (χ3n) is 5.79. The molecule has 31 heavy (non-hydrogen) atoms. The van der Waals surface area contributed by atoms with Crippen molar-refractivity contribution in [2.24, 2.45) is 0 Å². The maximum Gasteiger partial charge on any atom is 0.251 e. The molecule has 0 bridgehead atoms. The van der Waals surface area contributed by atoms with Crippen LogP contribution in [0.25, 0.3) is 11.0 Å². The van der Waals surface area contributed by atoms with E-state index in [1.807, 2.05) is 44.2 Å². The van der Waals surface area contributed by atoms with Crippen LogP contribution in [0.4, 0.5) is 11.8 Å². The molecule has 4 rings (SSSR count). The van der Waals surface area contributed by atoms with Gasteiger partial charge in [0.2, 0.25) is 5.95 Å². The zero-order valence-corrected chi connectivity index (χ0v) is 18.3. The van der Waals surface area contributed by atoms with E-state index in [1.54, 1.807) is 7.05 Å². The van der Waals surface area contributed by atoms with Crippen molar-refractivity contribution < 1.29 is 4.79 Å². The van der Waals surface area contributed by atoms with Crippen molar-refractivity contribution in [1.29, 1.82) is 0 Å². The molecule has 0 atom stereocenters. The van der Waals surface area contributed by atoms with Gasteiger partial charge in [-0.3, -0.25) is 9.69 Å². The number of nitrogens with zero attached hydrogens (tertiary/aromatic N) is 4. The molecule has 162 valence electrons. The Labute approximate surface area is 182 Å². The number of pyridine rings is 1. The third kappa shape index (κ3) is 4.74. The highest BCUT2D eigenvalue weighted by molar-refractivity contribution is 5.94. The fourth-order valence-corrected chi connectivity index (χ4v) is 4.16. The molecule has 3 aromatic rings. The number of nitrogens with two attached hydrogens (primary N) is 1. The van der Waals surface area contributed by atoms with Gasteiger partial charge in [0, 0.05) is 44.0 Å². The summed E-state index contributed by atoms with van der Waals surface area (Å²) >= 11 is 0. The van der Waals surface area contributed by atoms with Crippen molar-refractivity contribution in [2.75, 3.05) is 31.2 Å². The second-order valence-electron chi connectivity index (χ2n) is 8.18. The topological polar surface area (TPSA) is 109 Å². The largest absolute Gasteiger partial charge is 0.383 e. The van der Waals surface area contributed by atoms with Gasteiger partial charge in [-0.25, -0.2) is 4.98 Å². The number of hydrogen-bond donors (Lipinski definition) is 3. The van der Waals surface area contributed by atoms with E-state index in [9.17, 15) is 4.79 Å². The van der Waals surface area contributed by atoms with E-state index in [2.05, 4.69) is 30.5 Å². The molecule has 0 aliphatic carbocycles. The van der Waals surface area contributed by atoms with E-state index in [1.165, 1.54) is 5.56 Å². The predicted molar refractivity (Wildman–Crippen MR) is 123 cm³/mol. The molecule has 1 aliphatic heterocycles. The number of anilines is 2. The van der Waals surface area contributed by atoms with Gasteiger partial charge in [0.05, 0.1) is 5.39 Å². The molecule has 1 aliphatic rings. The summed E-state index contributed by atoms with van der Waals surface area (Å²) in [5.74, 6) is 0.955. The molecule has 0 spiro atoms. The van der Waals surface area contributed by atoms with Gasteiger partial charge >= 0.3 is 0 Å². The van der Waals surface area contributed by atoms with E-state index in [4.69, 9.17) is 5.73 Å². The molecule has 0 saturated carbocycles. The Morgan fingerprint density at radius 2 is 1.84 bits per heavy atom. The van der Waals surface area contributed by atoms with Crippen LogP contribution in [0.2, 0.25) is 0 Å². The second-order valence-corrected chi connectivity index (χ2v) is 8.18. The van der Waals surface area contributed by atoms with Gasteiger partial charge in [-0.05, 0) is 56.0 Å². The smallest absolute Gasteiger partial charge is 0.251 e. The molecule has 1 saturated heterocycles. The van der Waals surface area contributed by atoms with Gasteiger partial charge in [0.15, 0.2) is 5.65 Å². The molecule has 1 amide bonds. The Morgan fingerprint density at radius 1 is 1.13 bits per heavy atom. The van der Waals surface area contributed by atoms with Crippen LogP contribution in [0.3, 0.4) is 0 Å². The molecule has 0 radical (unpaired) electrons. The molecule has 8 nitrogen and oxygen atoms in total. The molecule has 3 heterocycles. The lowest BCUT2D eigenvalue weighted by molar-refractivity contribution is 0.0963. The van der Waals surface area contributed by atoms with Crippen LogP contribution in [-0.4, -0.2) is 51.9 Å². The number of benzene rings is 1. The van der Waals surface area contributed by atoms with Crippen LogP contribution in [0.1, 0.15) is 40.0 Å². The summed E-state index contributed by atoms with van der Waals surface area (Å²) in [4.78, 5) is 27.7. The van der Waals surface area contributed by atoms with Crippen molar-refractivity contribution in [3.63, 3.8) is 0 Å². The summed E-state index contributed by atoms with van der Waals surface area (Å²) in [6.45, 7) is 6.80. The molecular formula is C23H29N7O. The zero-order valence-electron chi connectivity index (χ0n) is 18.3. The molecule has 4 N–H and O–H groups in total. The number of hydrogen-bond acceptors (Lipinski definition) is 7. The first-order chi connectivity index (χ1) is 14.9. The normalized spacial score (nSPS) is 15.2. The van der Waals surface area contributed by atoms with Crippen molar-refractivity contribution in [2.45, 2.75) is 39.3 Å². The van der Waals surface area contributed by atoms with E-state index < -0.39 is 0 Å². The Hall–Kier alpha value is -3.26. The summed E-state index contributed by atoms with van der Waals surface area (Å²) in [5.41, 5.74) is 10.7. The Bertz CT molecular complexity index is 1090. The summed E-state index contributed by atoms with van der Waals surface area (Å²) in [6, 6.07) is 10.1. The standard InChI is InChI=1S/C23H29N7O/c1-14-12-15(2)26-21-19(14)20(24)28-23(29-21)27-18-8-10-30(11-9-18)13-16-4-6-17(7-5-16)22(31)25-3/h4-7,12,18H,8-11,13H2,1-3H3,(H,25,31)(H3,24,26,27,28,29). The molecule has 2 aromatic heterocycles. The van der Waals surface area contributed by atoms with Crippen molar-refractivity contribution >= 4 is 28.7 Å². The summed E-state index contributed by atoms with van der Waals surface area (Å²) in [6.07, 6.45) is 2.00. The van der Waals surface area contributed by atoms with Crippen LogP contribution in [0.5, 0.6) is 0 Å². The van der Waals surface area contributed by atoms with E-state index in [0.29, 0.717) is 29.0 Å². The number of aromatic nitrogens is 3. The molecule has 1 aromatic carbocycles. The van der Waals surface area contributed by atoms with Crippen LogP contribution in [0, 0.1) is 13.8 Å². The minimum absolute atomic E-state index is 0.0597. The lowest BCUT2D eigenvalue weighted by Crippen LogP contribution is -2.39. The fourth-order valence-electron chi connectivity index (χ4n) is 4.16. The summed E-state index contributed by atoms with van der Waals surface area (Å²) in [5, 5.41) is 6.92. The monoisotopic (exact) mass is 419 g/mol. The number of piperidine rings is 1. The lowest BCUT2D eigenvalue weighted by Gasteiger charge is -2.32. The number of carbonyl (C=O) groups excluding carboxylic acids is 1. The number of rotatable bonds is 5. The van der Waals surface area contributed by atoms with Crippen LogP contribution in [-0.2, 0) is 6.54 Å². The average Bonchev–Trinajstić information content (AvgIpc) is 2.74. The van der Waals surface area contributed by atoms with Crippen molar-refractivity contribution in [1.82, 2.24) is 25.2 Å². The maximum absolute atomic E-state index is 11.7. The predicted octanol–water partition coefficient (Wildman–Crippen LogP) is 2.66. The third-order valence-corrected chi connectivity index (χ3v) is 5.79. The number of nitrogens with one attached hydrogen (secondary N) is 2. The summed E-state index contributed by atoms with van der Waals surface area (Å²) in [7, 11) is 1.64. The highest BCUT2D eigenvalue weighted by Gasteiger charge is 2.21. The van der Waals surface area contributed by atoms with Crippen molar-refractivity contribution in [3.8, 4) is 0 Å². The second kappa shape index (κ2) is 8.85. The van der Waals surface area contributed by atoms with E-state index in [-0.39, 0.29) is 5.91 Å². The Kier molecular flexibility index (Phi) is 5.99. The Balaban J connectivity index is 1.35. The molecule has 0 unspecified atom stereocenters. The number of amides is 1. The average molecular weight is 420 g/mol. The van der Waals surface area contributed by atoms with Crippen LogP contribution in [0.15, 0.2) is 30.3 Å². The number of nitrogen functional groups attached to an aromatic ring is 1. The van der Waals surface area contributed by atoms with Gasteiger partial charge in [0.1, 0.15) is 5.82 Å². The van der Waals surface area contributed by atoms with Crippen LogP contribution >= 0.6 is 0 Å². The van der Waals surface area contributed by atoms with E-state index in [0.717, 1.165) is 49.1 Å². The first kappa shape index (κ1) is 21.0. The number of likely N-dealkylation sites (tertiary alicyclic amines) is 1. The minimum Gasteiger partial charge on any atom is -0.383 e. The number of fused-ring (bicyclic) bond motifs is 1. The number of aryl methyl sites for hydroxylation is 2. The fraction of sp³-hybridized carbons (Fsp3) is 0.391. The summed E-state index contributed by atoms with van der Waals surface area (Å²) < 4.78 is 0. The molecular weight excluding hydrogens is 390 g/mol. The number of carbonyl (C=O) groups is 1. The minimum atomic E-state index is -0.0597. The van der Waals surface area contributed by atoms with Gasteiger partial charge < -0.3 is 16.4 Å². The van der Waals surface area contributed by atoms with Crippen molar-refractivity contribution in [3.05, 3.63) is 52.7 Å². The van der Waals surface area contributed by atoms with Crippen LogP contribution < -0.4 is 16.4 Å². The van der Waals surface area contributed by atoms with Gasteiger partial charge in [-0.1, -0.05) is 12.1 Å². The SMILES string of the molecule is CNC(=O)c1ccc(CN2CCC(Nc3nc(N)c4c(C)cc(C)nc4n3)CC2)cc1. The highest BCUT2D eigenvalue weighted by Crippen LogP contribution is 2.24. The lowest BCUT2D eigenvalue weighted by atomic mass is 10.0. The van der Waals surface area contributed by atoms with Gasteiger partial charge in [-0.2, -0.15) is 9.97 Å². The Morgan fingerprint density at radius 3 is 2.52 bits per heavy atom. The van der Waals surface area contributed by atoms with Gasteiger partial charge in [0.25, 0.3) is 5.91 Å². The molecule has 8 heteroatoms.